The SMILES string of the molecule is C/C=C\C(C)=C(/C(C)=C(C)C)c1cnc2c(c1)CN(C1Nn3c(nccc3=O)C=C1C)CC2. The van der Waals surface area contributed by atoms with E-state index in [0.29, 0.717) is 5.82 Å². The lowest BCUT2D eigenvalue weighted by atomic mass is 9.90. The first-order valence-electron chi connectivity index (χ1n) is 11.5. The minimum Gasteiger partial charge on any atom is -0.300 e. The molecule has 6 heteroatoms. The van der Waals surface area contributed by atoms with Gasteiger partial charge in [-0.25, -0.2) is 9.66 Å². The molecule has 0 saturated heterocycles. The molecular formula is C27H33N5O. The van der Waals surface area contributed by atoms with Crippen LogP contribution in [0.15, 0.2) is 63.8 Å². The van der Waals surface area contributed by atoms with Crippen molar-refractivity contribution >= 4 is 11.6 Å². The number of rotatable bonds is 4. The number of fused-ring (bicyclic) bond motifs is 2. The molecule has 0 aromatic carbocycles. The minimum absolute atomic E-state index is 0.0597. The largest absolute Gasteiger partial charge is 0.300 e. The molecule has 6 nitrogen and oxygen atoms in total. The third-order valence-corrected chi connectivity index (χ3v) is 6.57. The molecular weight excluding hydrogens is 410 g/mol. The van der Waals surface area contributed by atoms with Gasteiger partial charge in [-0.15, -0.1) is 0 Å². The minimum atomic E-state index is -0.0958. The fraction of sp³-hybridized carbons (Fsp3) is 0.370. The molecule has 0 bridgehead atoms. The van der Waals surface area contributed by atoms with Gasteiger partial charge in [0.25, 0.3) is 5.56 Å². The van der Waals surface area contributed by atoms with Gasteiger partial charge in [0.2, 0.25) is 0 Å². The highest BCUT2D eigenvalue weighted by Crippen LogP contribution is 2.32. The molecule has 0 saturated carbocycles. The molecule has 4 heterocycles. The van der Waals surface area contributed by atoms with E-state index in [1.165, 1.54) is 33.9 Å². The van der Waals surface area contributed by atoms with Crippen LogP contribution in [-0.4, -0.2) is 32.3 Å². The second-order valence-electron chi connectivity index (χ2n) is 9.13. The van der Waals surface area contributed by atoms with Crippen molar-refractivity contribution in [1.29, 1.82) is 0 Å². The van der Waals surface area contributed by atoms with E-state index in [1.54, 1.807) is 10.9 Å². The van der Waals surface area contributed by atoms with Crippen LogP contribution in [0, 0.1) is 0 Å². The van der Waals surface area contributed by atoms with Crippen LogP contribution in [0.1, 0.15) is 64.2 Å². The lowest BCUT2D eigenvalue weighted by Gasteiger charge is -2.38. The van der Waals surface area contributed by atoms with Gasteiger partial charge in [-0.1, -0.05) is 17.7 Å². The molecule has 0 aliphatic carbocycles. The van der Waals surface area contributed by atoms with E-state index in [-0.39, 0.29) is 11.7 Å². The van der Waals surface area contributed by atoms with Crippen molar-refractivity contribution < 1.29 is 0 Å². The zero-order chi connectivity index (χ0) is 23.7. The summed E-state index contributed by atoms with van der Waals surface area (Å²) in [6.07, 6.45) is 10.6. The number of nitrogens with zero attached hydrogens (tertiary/aromatic N) is 4. The maximum Gasteiger partial charge on any atom is 0.272 e. The van der Waals surface area contributed by atoms with Gasteiger partial charge < -0.3 is 0 Å². The highest BCUT2D eigenvalue weighted by atomic mass is 16.1. The van der Waals surface area contributed by atoms with Gasteiger partial charge >= 0.3 is 0 Å². The molecule has 2 aliphatic heterocycles. The van der Waals surface area contributed by atoms with Crippen LogP contribution < -0.4 is 11.0 Å². The molecule has 4 rings (SSSR count). The summed E-state index contributed by atoms with van der Waals surface area (Å²) in [5.74, 6) is 0.643. The molecule has 2 aromatic heterocycles. The summed E-state index contributed by atoms with van der Waals surface area (Å²) in [5.41, 5.74) is 13.1. The summed E-state index contributed by atoms with van der Waals surface area (Å²) in [5, 5.41) is 0. The Bertz CT molecular complexity index is 1260. The molecule has 172 valence electrons. The summed E-state index contributed by atoms with van der Waals surface area (Å²) >= 11 is 0. The smallest absolute Gasteiger partial charge is 0.272 e. The summed E-state index contributed by atoms with van der Waals surface area (Å²) in [6, 6.07) is 3.78. The van der Waals surface area contributed by atoms with E-state index in [2.05, 4.69) is 68.1 Å². The molecule has 2 aliphatic rings. The molecule has 0 radical (unpaired) electrons. The Labute approximate surface area is 196 Å². The fourth-order valence-corrected chi connectivity index (χ4v) is 4.66. The number of nitrogens with one attached hydrogen (secondary N) is 1. The fourth-order valence-electron chi connectivity index (χ4n) is 4.66. The summed E-state index contributed by atoms with van der Waals surface area (Å²) < 4.78 is 1.54. The van der Waals surface area contributed by atoms with E-state index >= 15 is 0 Å². The van der Waals surface area contributed by atoms with Crippen LogP contribution in [0.2, 0.25) is 0 Å². The van der Waals surface area contributed by atoms with E-state index in [1.807, 2.05) is 19.2 Å². The van der Waals surface area contributed by atoms with E-state index in [0.717, 1.165) is 36.3 Å². The Balaban J connectivity index is 1.68. The number of hydrogen-bond acceptors (Lipinski definition) is 5. The summed E-state index contributed by atoms with van der Waals surface area (Å²) in [7, 11) is 0. The summed E-state index contributed by atoms with van der Waals surface area (Å²) in [4.78, 5) is 23.9. The van der Waals surface area contributed by atoms with Gasteiger partial charge in [0.1, 0.15) is 6.17 Å². The maximum atomic E-state index is 12.3. The summed E-state index contributed by atoms with van der Waals surface area (Å²) in [6.45, 7) is 14.4. The average Bonchev–Trinajstić information content (AvgIpc) is 2.78. The molecule has 1 atom stereocenters. The number of hydrogen-bond donors (Lipinski definition) is 1. The normalized spacial score (nSPS) is 18.7. The first-order chi connectivity index (χ1) is 15.8. The molecule has 33 heavy (non-hydrogen) atoms. The molecule has 2 aromatic rings. The molecule has 0 spiro atoms. The number of pyridine rings is 1. The number of allylic oxidation sites excluding steroid dienone is 6. The standard InChI is InChI=1S/C27H33N5O/c1-7-8-18(4)26(20(6)17(2)3)21-14-22-16-31(12-10-23(22)29-15-21)27-19(5)13-24-28-11-9-25(33)32(24)30-27/h7-9,11,13-15,27,30H,10,12,16H2,1-6H3/b8-7-,26-18+. The predicted octanol–water partition coefficient (Wildman–Crippen LogP) is 4.69. The zero-order valence-corrected chi connectivity index (χ0v) is 20.4. The highest BCUT2D eigenvalue weighted by Gasteiger charge is 2.29. The van der Waals surface area contributed by atoms with Gasteiger partial charge in [0.15, 0.2) is 5.82 Å². The van der Waals surface area contributed by atoms with Crippen molar-refractivity contribution in [3.05, 3.63) is 92.0 Å². The third kappa shape index (κ3) is 4.48. The zero-order valence-electron chi connectivity index (χ0n) is 20.4. The van der Waals surface area contributed by atoms with Crippen LogP contribution in [0.3, 0.4) is 0 Å². The van der Waals surface area contributed by atoms with Gasteiger partial charge in [-0.05, 0) is 81.5 Å². The molecule has 1 N–H and O–H groups in total. The average molecular weight is 444 g/mol. The van der Waals surface area contributed by atoms with Gasteiger partial charge in [0, 0.05) is 49.2 Å². The second kappa shape index (κ2) is 9.32. The Morgan fingerprint density at radius 1 is 1.21 bits per heavy atom. The van der Waals surface area contributed by atoms with Gasteiger partial charge in [-0.3, -0.25) is 20.1 Å². The quantitative estimate of drug-likeness (QED) is 0.695. The number of aromatic nitrogens is 3. The van der Waals surface area contributed by atoms with E-state index in [4.69, 9.17) is 4.98 Å². The monoisotopic (exact) mass is 443 g/mol. The van der Waals surface area contributed by atoms with Crippen LogP contribution in [0.25, 0.3) is 11.6 Å². The van der Waals surface area contributed by atoms with Crippen LogP contribution in [0.4, 0.5) is 0 Å². The molecule has 0 fully saturated rings. The van der Waals surface area contributed by atoms with Crippen molar-refractivity contribution in [2.75, 3.05) is 12.0 Å². The first kappa shape index (κ1) is 22.9. The van der Waals surface area contributed by atoms with Crippen molar-refractivity contribution in [1.82, 2.24) is 19.5 Å². The maximum absolute atomic E-state index is 12.3. The molecule has 1 unspecified atom stereocenters. The van der Waals surface area contributed by atoms with Crippen molar-refractivity contribution in [2.45, 2.75) is 60.7 Å². The molecule has 0 amide bonds. The third-order valence-electron chi connectivity index (χ3n) is 6.57. The van der Waals surface area contributed by atoms with Gasteiger partial charge in [-0.2, -0.15) is 0 Å². The predicted molar refractivity (Wildman–Crippen MR) is 135 cm³/mol. The van der Waals surface area contributed by atoms with E-state index < -0.39 is 0 Å². The highest BCUT2D eigenvalue weighted by molar-refractivity contribution is 5.82. The van der Waals surface area contributed by atoms with Gasteiger partial charge in [0.05, 0.1) is 0 Å². The second-order valence-corrected chi connectivity index (χ2v) is 9.13. The lowest BCUT2D eigenvalue weighted by Crippen LogP contribution is -2.51. The Morgan fingerprint density at radius 3 is 2.73 bits per heavy atom. The van der Waals surface area contributed by atoms with E-state index in [9.17, 15) is 4.79 Å². The van der Waals surface area contributed by atoms with Crippen molar-refractivity contribution in [3.8, 4) is 0 Å². The van der Waals surface area contributed by atoms with Crippen LogP contribution in [0.5, 0.6) is 0 Å². The van der Waals surface area contributed by atoms with Crippen molar-refractivity contribution in [3.63, 3.8) is 0 Å². The Kier molecular flexibility index (Phi) is 6.47. The first-order valence-corrected chi connectivity index (χ1v) is 11.5. The lowest BCUT2D eigenvalue weighted by molar-refractivity contribution is 0.205. The Morgan fingerprint density at radius 2 is 2.00 bits per heavy atom. The van der Waals surface area contributed by atoms with Crippen LogP contribution >= 0.6 is 0 Å². The van der Waals surface area contributed by atoms with Crippen LogP contribution in [-0.2, 0) is 13.0 Å². The van der Waals surface area contributed by atoms with Crippen molar-refractivity contribution in [2.24, 2.45) is 0 Å². The topological polar surface area (TPSA) is 63.1 Å². The Hall–Kier alpha value is -3.25.